The maximum atomic E-state index is 11.9. The van der Waals surface area contributed by atoms with Gasteiger partial charge in [-0.3, -0.25) is 4.79 Å². The van der Waals surface area contributed by atoms with E-state index < -0.39 is 0 Å². The van der Waals surface area contributed by atoms with E-state index in [0.29, 0.717) is 49.2 Å². The summed E-state index contributed by atoms with van der Waals surface area (Å²) in [6.07, 6.45) is 3.76. The first-order valence-corrected chi connectivity index (χ1v) is 14.3. The Bertz CT molecular complexity index is 672. The average Bonchev–Trinajstić information content (AvgIpc) is 2.73. The lowest BCUT2D eigenvalue weighted by molar-refractivity contribution is -0.142. The number of hydrogen-bond donors (Lipinski definition) is 3. The molecule has 1 rings (SSSR count). The highest BCUT2D eigenvalue weighted by Gasteiger charge is 2.05. The molecule has 0 spiro atoms. The molecule has 1 aromatic carbocycles. The molecule has 0 atom stereocenters. The van der Waals surface area contributed by atoms with E-state index in [1.54, 1.807) is 21.6 Å². The number of nitrogens with one attached hydrogen (secondary N) is 3. The number of hydrogen-bond acceptors (Lipinski definition) is 7. The van der Waals surface area contributed by atoms with Gasteiger partial charge in [-0.2, -0.15) is 0 Å². The van der Waals surface area contributed by atoms with Crippen molar-refractivity contribution in [2.75, 3.05) is 30.9 Å². The van der Waals surface area contributed by atoms with Crippen molar-refractivity contribution in [3.05, 3.63) is 35.4 Å². The Kier molecular flexibility index (Phi) is 15.7. The fourth-order valence-corrected chi connectivity index (χ4v) is 4.89. The summed E-state index contributed by atoms with van der Waals surface area (Å²) in [5.41, 5.74) is 2.41. The second-order valence-electron chi connectivity index (χ2n) is 7.12. The van der Waals surface area contributed by atoms with E-state index in [9.17, 15) is 9.59 Å². The van der Waals surface area contributed by atoms with Crippen LogP contribution in [0, 0.1) is 5.92 Å². The SMILES string of the molecule is CSNC(=S)CCC(=O)OCCSSCCNC(=O)NCc1ccc(CC(C)C)cc1. The number of amides is 2. The molecular weight excluding hydrogens is 471 g/mol. The van der Waals surface area contributed by atoms with Gasteiger partial charge in [0.15, 0.2) is 0 Å². The molecule has 174 valence electrons. The standard InChI is InChI=1S/C21H33N3O3S4/c1-16(2)14-17-4-6-18(7-5-17)15-23-21(26)22-10-12-30-31-13-11-27-20(25)9-8-19(28)24-29-3/h4-7,16H,8-15H2,1-3H3,(H,24,28)(H2,22,23,26). The number of urea groups is 1. The van der Waals surface area contributed by atoms with Crippen molar-refractivity contribution < 1.29 is 14.3 Å². The molecule has 1 aromatic rings. The molecule has 0 aliphatic rings. The second kappa shape index (κ2) is 17.5. The molecule has 10 heteroatoms. The van der Waals surface area contributed by atoms with Gasteiger partial charge >= 0.3 is 12.0 Å². The molecule has 31 heavy (non-hydrogen) atoms. The summed E-state index contributed by atoms with van der Waals surface area (Å²) < 4.78 is 8.10. The predicted molar refractivity (Wildman–Crippen MR) is 140 cm³/mol. The zero-order valence-electron chi connectivity index (χ0n) is 18.4. The first kappa shape index (κ1) is 27.9. The maximum Gasteiger partial charge on any atom is 0.315 e. The fraction of sp³-hybridized carbons (Fsp3) is 0.571. The summed E-state index contributed by atoms with van der Waals surface area (Å²) in [4.78, 5) is 24.1. The third kappa shape index (κ3) is 15.4. The summed E-state index contributed by atoms with van der Waals surface area (Å²) >= 11 is 6.48. The summed E-state index contributed by atoms with van der Waals surface area (Å²) in [6.45, 7) is 5.88. The van der Waals surface area contributed by atoms with Crippen molar-refractivity contribution in [2.24, 2.45) is 5.92 Å². The number of thiocarbonyl (C=S) groups is 1. The molecule has 0 bridgehead atoms. The molecule has 6 nitrogen and oxygen atoms in total. The van der Waals surface area contributed by atoms with E-state index >= 15 is 0 Å². The van der Waals surface area contributed by atoms with Crippen molar-refractivity contribution in [1.82, 2.24) is 15.4 Å². The number of rotatable bonds is 15. The molecule has 0 aromatic heterocycles. The molecule has 0 saturated heterocycles. The molecular formula is C21H33N3O3S4. The van der Waals surface area contributed by atoms with E-state index in [1.165, 1.54) is 17.5 Å². The summed E-state index contributed by atoms with van der Waals surface area (Å²) in [5.74, 6) is 1.90. The van der Waals surface area contributed by atoms with Gasteiger partial charge in [0.2, 0.25) is 0 Å². The normalized spacial score (nSPS) is 10.6. The molecule has 0 radical (unpaired) electrons. The molecule has 0 heterocycles. The Labute approximate surface area is 203 Å². The smallest absolute Gasteiger partial charge is 0.315 e. The third-order valence-electron chi connectivity index (χ3n) is 3.88. The van der Waals surface area contributed by atoms with Crippen LogP contribution in [-0.2, 0) is 22.5 Å². The van der Waals surface area contributed by atoms with Crippen molar-refractivity contribution in [3.8, 4) is 0 Å². The lowest BCUT2D eigenvalue weighted by Crippen LogP contribution is -2.36. The minimum Gasteiger partial charge on any atom is -0.465 e. The minimum atomic E-state index is -0.233. The highest BCUT2D eigenvalue weighted by molar-refractivity contribution is 8.76. The van der Waals surface area contributed by atoms with Gasteiger partial charge in [0.1, 0.15) is 6.61 Å². The largest absolute Gasteiger partial charge is 0.465 e. The van der Waals surface area contributed by atoms with Gasteiger partial charge in [-0.05, 0) is 23.5 Å². The van der Waals surface area contributed by atoms with E-state index in [2.05, 4.69) is 53.5 Å². The van der Waals surface area contributed by atoms with Crippen LogP contribution in [-0.4, -0.2) is 47.9 Å². The van der Waals surface area contributed by atoms with E-state index in [-0.39, 0.29) is 12.0 Å². The number of benzene rings is 1. The first-order chi connectivity index (χ1) is 14.9. The zero-order valence-corrected chi connectivity index (χ0v) is 21.7. The highest BCUT2D eigenvalue weighted by Crippen LogP contribution is 2.19. The highest BCUT2D eigenvalue weighted by atomic mass is 33.1. The Hall–Kier alpha value is -1.10. The van der Waals surface area contributed by atoms with Crippen molar-refractivity contribution >= 4 is 62.7 Å². The first-order valence-electron chi connectivity index (χ1n) is 10.2. The van der Waals surface area contributed by atoms with Crippen LogP contribution in [0.4, 0.5) is 4.79 Å². The molecule has 0 aliphatic carbocycles. The number of esters is 1. The average molecular weight is 504 g/mol. The van der Waals surface area contributed by atoms with E-state index in [0.717, 1.165) is 17.7 Å². The topological polar surface area (TPSA) is 79.5 Å². The van der Waals surface area contributed by atoms with Crippen LogP contribution in [0.2, 0.25) is 0 Å². The minimum absolute atomic E-state index is 0.167. The fourth-order valence-electron chi connectivity index (χ4n) is 2.48. The van der Waals surface area contributed by atoms with Gasteiger partial charge in [-0.15, -0.1) is 0 Å². The lowest BCUT2D eigenvalue weighted by Gasteiger charge is -2.09. The Morgan fingerprint density at radius 3 is 2.39 bits per heavy atom. The van der Waals surface area contributed by atoms with Crippen LogP contribution in [0.3, 0.4) is 0 Å². The van der Waals surface area contributed by atoms with Crippen LogP contribution in [0.5, 0.6) is 0 Å². The lowest BCUT2D eigenvalue weighted by atomic mass is 10.0. The Balaban J connectivity index is 1.98. The number of ether oxygens (including phenoxy) is 1. The van der Waals surface area contributed by atoms with E-state index in [4.69, 9.17) is 17.0 Å². The second-order valence-corrected chi connectivity index (χ2v) is 10.9. The molecule has 0 fully saturated rings. The number of carbonyl (C=O) groups is 2. The zero-order chi connectivity index (χ0) is 22.9. The molecule has 3 N–H and O–H groups in total. The van der Waals surface area contributed by atoms with Crippen LogP contribution in [0.25, 0.3) is 0 Å². The quantitative estimate of drug-likeness (QED) is 0.105. The molecule has 2 amide bonds. The Morgan fingerprint density at radius 2 is 1.71 bits per heavy atom. The van der Waals surface area contributed by atoms with Crippen LogP contribution in [0.1, 0.15) is 37.8 Å². The van der Waals surface area contributed by atoms with Gasteiger partial charge < -0.3 is 20.1 Å². The van der Waals surface area contributed by atoms with Gasteiger partial charge in [-0.1, -0.05) is 83.9 Å². The molecule has 0 aliphatic heterocycles. The third-order valence-corrected chi connectivity index (χ3v) is 7.13. The predicted octanol–water partition coefficient (Wildman–Crippen LogP) is 4.58. The van der Waals surface area contributed by atoms with E-state index in [1.807, 2.05) is 6.26 Å². The van der Waals surface area contributed by atoms with Crippen LogP contribution in [0.15, 0.2) is 24.3 Å². The maximum absolute atomic E-state index is 11.9. The monoisotopic (exact) mass is 503 g/mol. The Morgan fingerprint density at radius 1 is 1.03 bits per heavy atom. The van der Waals surface area contributed by atoms with Gasteiger partial charge in [0, 0.05) is 37.3 Å². The van der Waals surface area contributed by atoms with Crippen molar-refractivity contribution in [1.29, 1.82) is 0 Å². The van der Waals surface area contributed by atoms with Gasteiger partial charge in [0.05, 0.1) is 11.4 Å². The summed E-state index contributed by atoms with van der Waals surface area (Å²) in [6, 6.07) is 8.20. The van der Waals surface area contributed by atoms with Crippen molar-refractivity contribution in [2.45, 2.75) is 39.7 Å². The summed E-state index contributed by atoms with van der Waals surface area (Å²) in [7, 11) is 3.26. The number of carbonyl (C=O) groups excluding carboxylic acids is 2. The van der Waals surface area contributed by atoms with Crippen LogP contribution < -0.4 is 15.4 Å². The van der Waals surface area contributed by atoms with Gasteiger partial charge in [-0.25, -0.2) is 4.79 Å². The molecule has 0 unspecified atom stereocenters. The summed E-state index contributed by atoms with van der Waals surface area (Å²) in [5, 5.41) is 5.72. The van der Waals surface area contributed by atoms with Gasteiger partial charge in [0.25, 0.3) is 0 Å². The van der Waals surface area contributed by atoms with Crippen molar-refractivity contribution in [3.63, 3.8) is 0 Å². The molecule has 0 saturated carbocycles. The van der Waals surface area contributed by atoms with Crippen LogP contribution >= 0.6 is 45.8 Å².